The van der Waals surface area contributed by atoms with Crippen molar-refractivity contribution in [2.75, 3.05) is 0 Å². The van der Waals surface area contributed by atoms with Crippen LogP contribution in [-0.2, 0) is 28.5 Å². The molecule has 8 heteroatoms. The average molecular weight is 501 g/mol. The van der Waals surface area contributed by atoms with Gasteiger partial charge in [0, 0.05) is 12.3 Å². The highest BCUT2D eigenvalue weighted by atomic mass is 16.7. The fourth-order valence-corrected chi connectivity index (χ4v) is 10.7. The van der Waals surface area contributed by atoms with E-state index in [9.17, 15) is 19.8 Å². The molecule has 2 N–H and O–H groups in total. The standard InChI is InChI=1S/C28H36O8/c1-13-19(20-24(4)25(5,36-24)21(30)33-20)35-28(32)12-16-14(15-8-10-26(13,31)23(15,28)3)11-18-27(34-18)9-6-7-17(29)22(16,27)2/h6-7,13-16,18-20,31-32H,8-12H2,1-5H3/t13-,14+,15-,16+,18-,19+,20-,22+,23+,24+,25-,26-,27-,28+/m1/s1. The van der Waals surface area contributed by atoms with Crippen molar-refractivity contribution < 1.29 is 38.7 Å². The summed E-state index contributed by atoms with van der Waals surface area (Å²) in [6.07, 6.45) is 5.24. The summed E-state index contributed by atoms with van der Waals surface area (Å²) < 4.78 is 24.7. The van der Waals surface area contributed by atoms with Crippen LogP contribution in [0.5, 0.6) is 0 Å². The minimum atomic E-state index is -1.69. The van der Waals surface area contributed by atoms with E-state index in [0.717, 1.165) is 12.8 Å². The second-order valence-corrected chi connectivity index (χ2v) is 13.9. The predicted octanol–water partition coefficient (Wildman–Crippen LogP) is 2.04. The molecular formula is C28H36O8. The van der Waals surface area contributed by atoms with Gasteiger partial charge in [-0.3, -0.25) is 4.79 Å². The van der Waals surface area contributed by atoms with Gasteiger partial charge in [-0.2, -0.15) is 0 Å². The van der Waals surface area contributed by atoms with Crippen molar-refractivity contribution in [1.82, 2.24) is 0 Å². The number of hydrogen-bond acceptors (Lipinski definition) is 8. The van der Waals surface area contributed by atoms with E-state index in [1.807, 2.05) is 33.8 Å². The lowest BCUT2D eigenvalue weighted by atomic mass is 9.42. The topological polar surface area (TPSA) is 118 Å². The van der Waals surface area contributed by atoms with Crippen LogP contribution < -0.4 is 0 Å². The fraction of sp³-hybridized carbons (Fsp3) is 0.857. The lowest BCUT2D eigenvalue weighted by Crippen LogP contribution is -2.77. The van der Waals surface area contributed by atoms with Crippen LogP contribution in [0.25, 0.3) is 0 Å². The summed E-state index contributed by atoms with van der Waals surface area (Å²) in [4.78, 5) is 26.2. The van der Waals surface area contributed by atoms with E-state index >= 15 is 0 Å². The van der Waals surface area contributed by atoms with Gasteiger partial charge in [-0.15, -0.1) is 0 Å². The Hall–Kier alpha value is -1.32. The molecule has 8 aliphatic rings. The van der Waals surface area contributed by atoms with Crippen LogP contribution in [0.15, 0.2) is 12.2 Å². The number of esters is 1. The van der Waals surface area contributed by atoms with Gasteiger partial charge in [-0.1, -0.05) is 19.9 Å². The Labute approximate surface area is 210 Å². The summed E-state index contributed by atoms with van der Waals surface area (Å²) in [6, 6.07) is 0. The maximum absolute atomic E-state index is 13.5. The Kier molecular flexibility index (Phi) is 3.65. The molecule has 4 saturated heterocycles. The molecule has 4 aliphatic carbocycles. The molecule has 196 valence electrons. The molecule has 0 amide bonds. The molecule has 0 aromatic carbocycles. The highest BCUT2D eigenvalue weighted by Gasteiger charge is 2.86. The molecule has 0 aromatic rings. The lowest BCUT2D eigenvalue weighted by Gasteiger charge is -2.68. The smallest absolute Gasteiger partial charge is 0.341 e. The molecule has 7 fully saturated rings. The van der Waals surface area contributed by atoms with E-state index in [1.54, 1.807) is 13.0 Å². The third kappa shape index (κ3) is 1.92. The first-order chi connectivity index (χ1) is 16.7. The summed E-state index contributed by atoms with van der Waals surface area (Å²) in [7, 11) is 0. The number of hydrogen-bond donors (Lipinski definition) is 2. The molecule has 0 radical (unpaired) electrons. The fourth-order valence-electron chi connectivity index (χ4n) is 10.7. The van der Waals surface area contributed by atoms with Crippen molar-refractivity contribution in [1.29, 1.82) is 0 Å². The van der Waals surface area contributed by atoms with E-state index in [2.05, 4.69) is 0 Å². The van der Waals surface area contributed by atoms with E-state index < -0.39 is 57.2 Å². The van der Waals surface area contributed by atoms with Crippen LogP contribution in [-0.4, -0.2) is 68.5 Å². The van der Waals surface area contributed by atoms with Gasteiger partial charge in [0.25, 0.3) is 0 Å². The van der Waals surface area contributed by atoms with Crippen LogP contribution >= 0.6 is 0 Å². The van der Waals surface area contributed by atoms with Gasteiger partial charge in [0.2, 0.25) is 0 Å². The molecule has 1 spiro atoms. The van der Waals surface area contributed by atoms with Crippen molar-refractivity contribution in [2.45, 2.75) is 113 Å². The number of aliphatic hydroxyl groups is 2. The lowest BCUT2D eigenvalue weighted by molar-refractivity contribution is -0.417. The molecule has 8 nitrogen and oxygen atoms in total. The van der Waals surface area contributed by atoms with Crippen LogP contribution in [0.3, 0.4) is 0 Å². The quantitative estimate of drug-likeness (QED) is 0.415. The monoisotopic (exact) mass is 500 g/mol. The maximum Gasteiger partial charge on any atom is 0.341 e. The van der Waals surface area contributed by atoms with Crippen molar-refractivity contribution in [3.8, 4) is 0 Å². The second-order valence-electron chi connectivity index (χ2n) is 13.9. The number of ether oxygens (including phenoxy) is 4. The van der Waals surface area contributed by atoms with Gasteiger partial charge < -0.3 is 29.2 Å². The Balaban J connectivity index is 1.25. The number of epoxide rings is 2. The average Bonchev–Trinajstić information content (AvgIpc) is 3.61. The molecule has 0 aromatic heterocycles. The summed E-state index contributed by atoms with van der Waals surface area (Å²) >= 11 is 0. The number of allylic oxidation sites excluding steroid dienone is 1. The van der Waals surface area contributed by atoms with Gasteiger partial charge in [0.1, 0.15) is 17.3 Å². The third-order valence-electron chi connectivity index (χ3n) is 13.3. The maximum atomic E-state index is 13.5. The highest BCUT2D eigenvalue weighted by Crippen LogP contribution is 2.77. The molecule has 14 atom stereocenters. The van der Waals surface area contributed by atoms with Crippen molar-refractivity contribution >= 4 is 11.8 Å². The summed E-state index contributed by atoms with van der Waals surface area (Å²) in [5.74, 6) is -2.45. The Morgan fingerprint density at radius 2 is 1.81 bits per heavy atom. The van der Waals surface area contributed by atoms with Gasteiger partial charge in [0.15, 0.2) is 23.3 Å². The first kappa shape index (κ1) is 22.6. The first-order valence-corrected chi connectivity index (χ1v) is 13.7. The van der Waals surface area contributed by atoms with E-state index in [-0.39, 0.29) is 42.0 Å². The molecule has 3 saturated carbocycles. The zero-order valence-electron chi connectivity index (χ0n) is 21.6. The van der Waals surface area contributed by atoms with Crippen LogP contribution in [0.2, 0.25) is 0 Å². The Morgan fingerprint density at radius 3 is 2.47 bits per heavy atom. The molecule has 8 rings (SSSR count). The van der Waals surface area contributed by atoms with Crippen LogP contribution in [0.1, 0.15) is 66.7 Å². The second kappa shape index (κ2) is 5.81. The normalized spacial score (nSPS) is 67.7. The van der Waals surface area contributed by atoms with Gasteiger partial charge in [0.05, 0.1) is 22.5 Å². The molecule has 0 bridgehead atoms. The summed E-state index contributed by atoms with van der Waals surface area (Å²) in [6.45, 7) is 9.53. The van der Waals surface area contributed by atoms with Crippen molar-refractivity contribution in [3.05, 3.63) is 12.2 Å². The Bertz CT molecular complexity index is 1170. The molecule has 4 aliphatic heterocycles. The summed E-state index contributed by atoms with van der Waals surface area (Å²) in [5, 5.41) is 25.0. The van der Waals surface area contributed by atoms with Crippen molar-refractivity contribution in [2.24, 2.45) is 34.5 Å². The SMILES string of the molecule is C[C@@H]1[C@@H]([C@H]2OC(=O)[C@@]3(C)O[C@@]23C)O[C@@]2(O)C[C@H]3[C@@H](C[C@H]4O[C@]45CC=CC(=O)[C@]35C)[C@H]3CC[C@]1(O)[C@]32C. The van der Waals surface area contributed by atoms with E-state index in [4.69, 9.17) is 18.9 Å². The minimum Gasteiger partial charge on any atom is -0.454 e. The molecule has 36 heavy (non-hydrogen) atoms. The zero-order valence-corrected chi connectivity index (χ0v) is 21.6. The Morgan fingerprint density at radius 1 is 1.06 bits per heavy atom. The van der Waals surface area contributed by atoms with E-state index in [0.29, 0.717) is 12.8 Å². The molecular weight excluding hydrogens is 464 g/mol. The number of carbonyl (C=O) groups excluding carboxylic acids is 2. The van der Waals surface area contributed by atoms with Gasteiger partial charge >= 0.3 is 5.97 Å². The molecule has 4 heterocycles. The van der Waals surface area contributed by atoms with Gasteiger partial charge in [-0.05, 0) is 70.3 Å². The number of carbonyl (C=O) groups is 2. The van der Waals surface area contributed by atoms with Crippen LogP contribution in [0.4, 0.5) is 0 Å². The number of cyclic esters (lactones) is 1. The first-order valence-electron chi connectivity index (χ1n) is 13.7. The summed E-state index contributed by atoms with van der Waals surface area (Å²) in [5.41, 5.74) is -5.28. The van der Waals surface area contributed by atoms with E-state index in [1.165, 1.54) is 0 Å². The largest absolute Gasteiger partial charge is 0.454 e. The molecule has 0 unspecified atom stereocenters. The van der Waals surface area contributed by atoms with Crippen molar-refractivity contribution in [3.63, 3.8) is 0 Å². The third-order valence-corrected chi connectivity index (χ3v) is 13.3. The number of ketones is 1. The number of rotatable bonds is 1. The highest BCUT2D eigenvalue weighted by molar-refractivity contribution is 5.97. The number of fused-ring (bicyclic) bond motifs is 4. The van der Waals surface area contributed by atoms with Crippen LogP contribution in [0, 0.1) is 34.5 Å². The minimum absolute atomic E-state index is 0.0171. The van der Waals surface area contributed by atoms with Gasteiger partial charge in [-0.25, -0.2) is 4.79 Å². The predicted molar refractivity (Wildman–Crippen MR) is 123 cm³/mol. The zero-order chi connectivity index (χ0) is 25.5.